The van der Waals surface area contributed by atoms with Gasteiger partial charge in [0.15, 0.2) is 0 Å². The Labute approximate surface area is 359 Å². The van der Waals surface area contributed by atoms with Gasteiger partial charge >= 0.3 is 11.9 Å². The fourth-order valence-electron chi connectivity index (χ4n) is 5.13. The Bertz CT molecular complexity index is 1040. The molecule has 0 saturated heterocycles. The number of hydrogen-bond donors (Lipinski definition) is 0. The molecule has 0 bridgehead atoms. The van der Waals surface area contributed by atoms with Gasteiger partial charge in [-0.15, -0.1) is 23.5 Å². The molecule has 2 atom stereocenters. The van der Waals surface area contributed by atoms with Crippen LogP contribution in [0.1, 0.15) is 195 Å². The van der Waals surface area contributed by atoms with Gasteiger partial charge in [0.05, 0.1) is 30.6 Å². The number of ether oxygens (including phenoxy) is 2. The Morgan fingerprint density at radius 2 is 1.04 bits per heavy atom. The molecular weight excluding hydrogens is 789 g/mol. The van der Waals surface area contributed by atoms with E-state index in [-0.39, 0.29) is 23.6 Å². The monoisotopic (exact) mass is 862 g/mol. The molecule has 54 heavy (non-hydrogen) atoms. The Kier molecular flexibility index (Phi) is 43.4. The van der Waals surface area contributed by atoms with Crippen LogP contribution in [0.2, 0.25) is 0 Å². The van der Waals surface area contributed by atoms with E-state index in [1.807, 2.05) is 13.8 Å². The first-order chi connectivity index (χ1) is 26.1. The van der Waals surface area contributed by atoms with E-state index < -0.39 is 4.75 Å². The quantitative estimate of drug-likeness (QED) is 0.0357. The molecule has 0 aromatic heterocycles. The average molecular weight is 863 g/mol. The van der Waals surface area contributed by atoms with Gasteiger partial charge in [-0.2, -0.15) is 10.5 Å². The van der Waals surface area contributed by atoms with Crippen molar-refractivity contribution in [2.45, 2.75) is 205 Å². The number of thiocarbonyl (C=S) groups is 2. The van der Waals surface area contributed by atoms with Gasteiger partial charge in [-0.1, -0.05) is 184 Å². The molecule has 0 aliphatic rings. The number of esters is 2. The maximum absolute atomic E-state index is 12.0. The molecule has 0 aromatic rings. The predicted octanol–water partition coefficient (Wildman–Crippen LogP) is 14.6. The molecule has 0 aliphatic heterocycles. The normalized spacial score (nSPS) is 12.4. The van der Waals surface area contributed by atoms with Crippen LogP contribution in [0.4, 0.5) is 0 Å². The second-order valence-electron chi connectivity index (χ2n) is 13.9. The Morgan fingerprint density at radius 1 is 0.630 bits per heavy atom. The number of unbranched alkanes of at least 4 members (excludes halogenated alkanes) is 19. The lowest BCUT2D eigenvalue weighted by Gasteiger charge is -2.20. The van der Waals surface area contributed by atoms with Crippen LogP contribution in [0.5, 0.6) is 0 Å². The minimum atomic E-state index is -0.727. The third kappa shape index (κ3) is 41.1. The molecule has 0 radical (unpaired) electrons. The van der Waals surface area contributed by atoms with Crippen LogP contribution in [0.3, 0.4) is 0 Å². The summed E-state index contributed by atoms with van der Waals surface area (Å²) in [5, 5.41) is 18.3. The molecule has 0 aromatic carbocycles. The molecule has 0 rings (SSSR count). The van der Waals surface area contributed by atoms with E-state index in [0.717, 1.165) is 25.0 Å². The summed E-state index contributed by atoms with van der Waals surface area (Å²) in [4.78, 5) is 23.0. The molecule has 12 heteroatoms. The highest BCUT2D eigenvalue weighted by Crippen LogP contribution is 2.35. The van der Waals surface area contributed by atoms with Crippen molar-refractivity contribution in [2.75, 3.05) is 24.7 Å². The molecule has 0 saturated carbocycles. The number of thioether (sulfide) groups is 4. The van der Waals surface area contributed by atoms with Crippen molar-refractivity contribution in [3.8, 4) is 12.1 Å². The number of nitrogens with zero attached hydrogens (tertiary/aromatic N) is 2. The second kappa shape index (κ2) is 42.1. The molecule has 0 aliphatic carbocycles. The smallest absolute Gasteiger partial charge is 0.305 e. The van der Waals surface area contributed by atoms with Crippen LogP contribution in [-0.4, -0.2) is 53.7 Å². The van der Waals surface area contributed by atoms with E-state index in [1.54, 1.807) is 30.4 Å². The van der Waals surface area contributed by atoms with Crippen molar-refractivity contribution in [2.24, 2.45) is 0 Å². The molecule has 0 heterocycles. The summed E-state index contributed by atoms with van der Waals surface area (Å²) in [5.41, 5.74) is 0. The van der Waals surface area contributed by atoms with Crippen LogP contribution in [0.15, 0.2) is 0 Å². The van der Waals surface area contributed by atoms with E-state index in [1.165, 1.54) is 146 Å². The fourth-order valence-corrected chi connectivity index (χ4v) is 10.6. The van der Waals surface area contributed by atoms with Crippen molar-refractivity contribution in [1.29, 1.82) is 10.5 Å². The molecule has 312 valence electrons. The summed E-state index contributed by atoms with van der Waals surface area (Å²) in [6.45, 7) is 10.7. The topological polar surface area (TPSA) is 100 Å². The number of rotatable bonds is 33. The Hall–Kier alpha value is -0.500. The largest absolute Gasteiger partial charge is 0.466 e. The van der Waals surface area contributed by atoms with Crippen molar-refractivity contribution in [3.63, 3.8) is 0 Å². The summed E-state index contributed by atoms with van der Waals surface area (Å²) in [7, 11) is 0. The van der Waals surface area contributed by atoms with Crippen LogP contribution in [-0.2, 0) is 19.1 Å². The maximum Gasteiger partial charge on any atom is 0.305 e. The number of carbonyl (C=O) groups excluding carboxylic acids is 2. The van der Waals surface area contributed by atoms with Crippen LogP contribution >= 0.6 is 71.5 Å². The van der Waals surface area contributed by atoms with E-state index in [4.69, 9.17) is 39.2 Å². The van der Waals surface area contributed by atoms with Gasteiger partial charge in [0.2, 0.25) is 0 Å². The highest BCUT2D eigenvalue weighted by atomic mass is 32.2. The standard InChI is InChI=1S/C26H45NO4S3.C16H29NS3/c1-4-6-7-8-9-10-11-12-13-16-21-33-25(32)34-26(3,22-27)18-17-24(29)31-20-15-14-19-30-23(28)5-2;1-3-4-5-6-7-8-9-10-11-12-13-19-16(18)20-15(2)14-17/h4-21H2,1-3H3;15H,3-13H2,1-2H3. The SMILES string of the molecule is CCCCCCCCCCCCSC(=S)SC(C)(C#N)CCC(=O)OCCCCOC(=O)CC.CCCCCCCCCCCCSC(=S)SC(C)C#N. The number of hydrogen-bond acceptors (Lipinski definition) is 12. The maximum atomic E-state index is 12.0. The molecule has 2 unspecified atom stereocenters. The molecule has 0 amide bonds. The Morgan fingerprint density at radius 3 is 1.44 bits per heavy atom. The highest BCUT2D eigenvalue weighted by molar-refractivity contribution is 8.48. The average Bonchev–Trinajstić information content (AvgIpc) is 3.16. The zero-order chi connectivity index (χ0) is 40.5. The summed E-state index contributed by atoms with van der Waals surface area (Å²) in [5.74, 6) is 1.57. The van der Waals surface area contributed by atoms with Crippen molar-refractivity contribution >= 4 is 90.5 Å². The third-order valence-corrected chi connectivity index (χ3v) is 14.1. The first-order valence-corrected chi connectivity index (χ1v) is 25.4. The minimum Gasteiger partial charge on any atom is -0.466 e. The van der Waals surface area contributed by atoms with E-state index in [9.17, 15) is 14.9 Å². The summed E-state index contributed by atoms with van der Waals surface area (Å²) in [6.07, 6.45) is 29.1. The Balaban J connectivity index is 0. The first kappa shape index (κ1) is 55.6. The summed E-state index contributed by atoms with van der Waals surface area (Å²) < 4.78 is 11.2. The number of carbonyl (C=O) groups is 2. The van der Waals surface area contributed by atoms with Crippen molar-refractivity contribution < 1.29 is 19.1 Å². The lowest BCUT2D eigenvalue weighted by atomic mass is 10.1. The third-order valence-electron chi connectivity index (χ3n) is 8.60. The lowest BCUT2D eigenvalue weighted by Crippen LogP contribution is -2.21. The van der Waals surface area contributed by atoms with E-state index >= 15 is 0 Å². The summed E-state index contributed by atoms with van der Waals surface area (Å²) >= 11 is 17.0. The van der Waals surface area contributed by atoms with Crippen molar-refractivity contribution in [3.05, 3.63) is 0 Å². The zero-order valence-corrected chi connectivity index (χ0v) is 39.5. The van der Waals surface area contributed by atoms with Crippen LogP contribution in [0.25, 0.3) is 0 Å². The van der Waals surface area contributed by atoms with Gasteiger partial charge < -0.3 is 9.47 Å². The molecule has 0 N–H and O–H groups in total. The lowest BCUT2D eigenvalue weighted by molar-refractivity contribution is -0.146. The molecule has 0 fully saturated rings. The fraction of sp³-hybridized carbons (Fsp3) is 0.857. The second-order valence-corrected chi connectivity index (χ2v) is 21.3. The highest BCUT2D eigenvalue weighted by Gasteiger charge is 2.28. The zero-order valence-electron chi connectivity index (χ0n) is 34.6. The van der Waals surface area contributed by atoms with Gasteiger partial charge in [-0.3, -0.25) is 9.59 Å². The van der Waals surface area contributed by atoms with Gasteiger partial charge in [0.1, 0.15) is 11.8 Å². The molecule has 6 nitrogen and oxygen atoms in total. The van der Waals surface area contributed by atoms with Crippen LogP contribution < -0.4 is 0 Å². The predicted molar refractivity (Wildman–Crippen MR) is 249 cm³/mol. The van der Waals surface area contributed by atoms with Gasteiger partial charge in [-0.25, -0.2) is 0 Å². The van der Waals surface area contributed by atoms with E-state index in [0.29, 0.717) is 38.9 Å². The van der Waals surface area contributed by atoms with Crippen molar-refractivity contribution in [1.82, 2.24) is 0 Å². The molecular formula is C42H74N2O4S6. The number of nitriles is 2. The molecule has 0 spiro atoms. The minimum absolute atomic E-state index is 0.0114. The van der Waals surface area contributed by atoms with Gasteiger partial charge in [0, 0.05) is 12.8 Å². The summed E-state index contributed by atoms with van der Waals surface area (Å²) in [6, 6.07) is 4.51. The van der Waals surface area contributed by atoms with Crippen LogP contribution in [0, 0.1) is 22.7 Å². The van der Waals surface area contributed by atoms with Gasteiger partial charge in [-0.05, 0) is 57.5 Å². The van der Waals surface area contributed by atoms with Gasteiger partial charge in [0.25, 0.3) is 0 Å². The first-order valence-electron chi connectivity index (χ1n) is 20.9. The van der Waals surface area contributed by atoms with E-state index in [2.05, 4.69) is 26.0 Å².